The van der Waals surface area contributed by atoms with Gasteiger partial charge in [0.2, 0.25) is 0 Å². The lowest BCUT2D eigenvalue weighted by Gasteiger charge is -2.21. The second-order valence-electron chi connectivity index (χ2n) is 7.66. The van der Waals surface area contributed by atoms with Crippen LogP contribution in [0.1, 0.15) is 21.6 Å². The number of aryl methyl sites for hydroxylation is 3. The highest BCUT2D eigenvalue weighted by atomic mass is 32.2. The first-order valence-electron chi connectivity index (χ1n) is 10.2. The molecule has 0 saturated carbocycles. The molecule has 0 aliphatic rings. The lowest BCUT2D eigenvalue weighted by molar-refractivity contribution is 0.102. The van der Waals surface area contributed by atoms with Gasteiger partial charge in [-0.15, -0.1) is 0 Å². The number of rotatable bonds is 6. The molecule has 0 fully saturated rings. The first-order chi connectivity index (χ1) is 15.7. The minimum Gasteiger partial charge on any atom is -0.306 e. The maximum absolute atomic E-state index is 13.2. The largest absolute Gasteiger partial charge is 0.306 e. The van der Waals surface area contributed by atoms with E-state index in [0.717, 1.165) is 21.2 Å². The molecule has 0 atom stereocenters. The molecule has 2 aromatic heterocycles. The average molecular weight is 465 g/mol. The summed E-state index contributed by atoms with van der Waals surface area (Å²) >= 11 is 0. The van der Waals surface area contributed by atoms with Gasteiger partial charge in [-0.2, -0.15) is 10.2 Å². The minimum atomic E-state index is -3.90. The van der Waals surface area contributed by atoms with E-state index >= 15 is 0 Å². The van der Waals surface area contributed by atoms with Crippen LogP contribution < -0.4 is 9.62 Å². The molecule has 0 saturated heterocycles. The van der Waals surface area contributed by atoms with Crippen LogP contribution in [0.15, 0.2) is 71.8 Å². The standard InChI is InChI=1S/C23H24N6O3S/c1-16-10-12-19(13-11-16)33(31,32)28(4)23-20(15-24-27(23)3)22(30)25-21-14-17(2)26-29(21)18-8-6-5-7-9-18/h5-15H,1-4H3,(H,25,30). The molecule has 170 valence electrons. The highest BCUT2D eigenvalue weighted by Crippen LogP contribution is 2.27. The van der Waals surface area contributed by atoms with E-state index in [0.29, 0.717) is 5.82 Å². The van der Waals surface area contributed by atoms with E-state index < -0.39 is 15.9 Å². The molecule has 1 N–H and O–H groups in total. The van der Waals surface area contributed by atoms with Gasteiger partial charge < -0.3 is 5.32 Å². The Bertz CT molecular complexity index is 1410. The van der Waals surface area contributed by atoms with Gasteiger partial charge in [0, 0.05) is 20.2 Å². The van der Waals surface area contributed by atoms with Crippen molar-refractivity contribution in [3.63, 3.8) is 0 Å². The average Bonchev–Trinajstić information content (AvgIpc) is 3.36. The van der Waals surface area contributed by atoms with E-state index in [2.05, 4.69) is 15.5 Å². The van der Waals surface area contributed by atoms with E-state index in [1.807, 2.05) is 44.2 Å². The van der Waals surface area contributed by atoms with Crippen LogP contribution in [0.2, 0.25) is 0 Å². The van der Waals surface area contributed by atoms with E-state index in [-0.39, 0.29) is 16.3 Å². The predicted octanol–water partition coefficient (Wildman–Crippen LogP) is 3.30. The zero-order valence-corrected chi connectivity index (χ0v) is 19.5. The number of nitrogens with one attached hydrogen (secondary N) is 1. The third kappa shape index (κ3) is 4.24. The van der Waals surface area contributed by atoms with Crippen molar-refractivity contribution in [3.05, 3.63) is 83.7 Å². The summed E-state index contributed by atoms with van der Waals surface area (Å²) in [6.07, 6.45) is 1.35. The van der Waals surface area contributed by atoms with Crippen molar-refractivity contribution in [2.45, 2.75) is 18.7 Å². The molecule has 4 rings (SSSR count). The summed E-state index contributed by atoms with van der Waals surface area (Å²) in [5.41, 5.74) is 2.57. The summed E-state index contributed by atoms with van der Waals surface area (Å²) in [4.78, 5) is 13.4. The van der Waals surface area contributed by atoms with Crippen LogP contribution >= 0.6 is 0 Å². The number of para-hydroxylation sites is 1. The van der Waals surface area contributed by atoms with Gasteiger partial charge in [-0.3, -0.25) is 13.8 Å². The zero-order valence-electron chi connectivity index (χ0n) is 18.7. The topological polar surface area (TPSA) is 102 Å². The second-order valence-corrected chi connectivity index (χ2v) is 9.63. The number of anilines is 2. The summed E-state index contributed by atoms with van der Waals surface area (Å²) in [5, 5.41) is 11.4. The molecular formula is C23H24N6O3S. The van der Waals surface area contributed by atoms with Crippen molar-refractivity contribution < 1.29 is 13.2 Å². The number of benzene rings is 2. The Morgan fingerprint density at radius 3 is 2.36 bits per heavy atom. The maximum Gasteiger partial charge on any atom is 0.265 e. The Labute approximate surface area is 192 Å². The van der Waals surface area contributed by atoms with Crippen molar-refractivity contribution in [3.8, 4) is 5.69 Å². The van der Waals surface area contributed by atoms with Gasteiger partial charge in [-0.05, 0) is 38.1 Å². The second kappa shape index (κ2) is 8.55. The smallest absolute Gasteiger partial charge is 0.265 e. The molecule has 10 heteroatoms. The van der Waals surface area contributed by atoms with Gasteiger partial charge in [-0.1, -0.05) is 35.9 Å². The van der Waals surface area contributed by atoms with E-state index in [1.54, 1.807) is 42.1 Å². The molecule has 0 bridgehead atoms. The van der Waals surface area contributed by atoms with E-state index in [4.69, 9.17) is 0 Å². The molecule has 2 aromatic carbocycles. The van der Waals surface area contributed by atoms with Crippen molar-refractivity contribution in [2.75, 3.05) is 16.7 Å². The number of hydrogen-bond acceptors (Lipinski definition) is 5. The van der Waals surface area contributed by atoms with Crippen molar-refractivity contribution in [1.29, 1.82) is 0 Å². The number of aromatic nitrogens is 4. The Morgan fingerprint density at radius 2 is 1.70 bits per heavy atom. The van der Waals surface area contributed by atoms with E-state index in [9.17, 15) is 13.2 Å². The first-order valence-corrected chi connectivity index (χ1v) is 11.6. The SMILES string of the molecule is Cc1ccc(S(=O)(=O)N(C)c2c(C(=O)Nc3cc(C)nn3-c3ccccc3)cnn2C)cc1. The number of carbonyl (C=O) groups excluding carboxylic acids is 1. The van der Waals surface area contributed by atoms with Crippen molar-refractivity contribution >= 4 is 27.6 Å². The van der Waals surface area contributed by atoms with Crippen LogP contribution in [0.3, 0.4) is 0 Å². The molecule has 4 aromatic rings. The summed E-state index contributed by atoms with van der Waals surface area (Å²) < 4.78 is 30.5. The molecule has 1 amide bonds. The maximum atomic E-state index is 13.2. The summed E-state index contributed by atoms with van der Waals surface area (Å²) in [7, 11) is -0.909. The van der Waals surface area contributed by atoms with Crippen LogP contribution in [0.5, 0.6) is 0 Å². The Hall–Kier alpha value is -3.92. The van der Waals surface area contributed by atoms with Gasteiger partial charge in [0.15, 0.2) is 5.82 Å². The highest BCUT2D eigenvalue weighted by Gasteiger charge is 2.29. The van der Waals surface area contributed by atoms with Gasteiger partial charge in [0.05, 0.1) is 22.5 Å². The summed E-state index contributed by atoms with van der Waals surface area (Å²) in [6.45, 7) is 3.71. The van der Waals surface area contributed by atoms with Crippen LogP contribution in [-0.2, 0) is 17.1 Å². The molecule has 33 heavy (non-hydrogen) atoms. The third-order valence-electron chi connectivity index (χ3n) is 5.20. The molecule has 0 aliphatic heterocycles. The molecule has 9 nitrogen and oxygen atoms in total. The summed E-state index contributed by atoms with van der Waals surface area (Å²) in [6, 6.07) is 17.7. The fourth-order valence-electron chi connectivity index (χ4n) is 3.49. The van der Waals surface area contributed by atoms with Gasteiger partial charge >= 0.3 is 0 Å². The fraction of sp³-hybridized carbons (Fsp3) is 0.174. The normalized spacial score (nSPS) is 11.4. The lowest BCUT2D eigenvalue weighted by Crippen LogP contribution is -2.30. The highest BCUT2D eigenvalue weighted by molar-refractivity contribution is 7.92. The Morgan fingerprint density at radius 1 is 1.03 bits per heavy atom. The summed E-state index contributed by atoms with van der Waals surface area (Å²) in [5.74, 6) is 0.110. The monoisotopic (exact) mass is 464 g/mol. The van der Waals surface area contributed by atoms with Crippen LogP contribution in [0.25, 0.3) is 5.69 Å². The Kier molecular flexibility index (Phi) is 5.77. The van der Waals surface area contributed by atoms with Crippen molar-refractivity contribution in [2.24, 2.45) is 7.05 Å². The predicted molar refractivity (Wildman–Crippen MR) is 126 cm³/mol. The van der Waals surface area contributed by atoms with Crippen LogP contribution in [0, 0.1) is 13.8 Å². The number of carbonyl (C=O) groups is 1. The molecule has 0 spiro atoms. The first kappa shape index (κ1) is 22.3. The molecule has 0 aliphatic carbocycles. The lowest BCUT2D eigenvalue weighted by atomic mass is 10.2. The van der Waals surface area contributed by atoms with Gasteiger partial charge in [0.1, 0.15) is 11.4 Å². The number of nitrogens with zero attached hydrogens (tertiary/aromatic N) is 5. The van der Waals surface area contributed by atoms with Crippen LogP contribution in [0.4, 0.5) is 11.6 Å². The number of sulfonamides is 1. The number of amides is 1. The van der Waals surface area contributed by atoms with Crippen LogP contribution in [-0.4, -0.2) is 40.9 Å². The Balaban J connectivity index is 1.68. The molecule has 0 radical (unpaired) electrons. The van der Waals surface area contributed by atoms with Crippen molar-refractivity contribution in [1.82, 2.24) is 19.6 Å². The quantitative estimate of drug-likeness (QED) is 0.472. The molecule has 2 heterocycles. The van der Waals surface area contributed by atoms with E-state index in [1.165, 1.54) is 17.9 Å². The minimum absolute atomic E-state index is 0.120. The molecule has 0 unspecified atom stereocenters. The van der Waals surface area contributed by atoms with Gasteiger partial charge in [0.25, 0.3) is 15.9 Å². The van der Waals surface area contributed by atoms with Gasteiger partial charge in [-0.25, -0.2) is 13.1 Å². The number of hydrogen-bond donors (Lipinski definition) is 1. The zero-order chi connectivity index (χ0) is 23.8. The molecular weight excluding hydrogens is 440 g/mol. The fourth-order valence-corrected chi connectivity index (χ4v) is 4.73. The third-order valence-corrected chi connectivity index (χ3v) is 6.97.